The third-order valence-corrected chi connectivity index (χ3v) is 6.06. The highest BCUT2D eigenvalue weighted by Gasteiger charge is 2.09. The number of thioether (sulfide) groups is 2. The predicted octanol–water partition coefficient (Wildman–Crippen LogP) is 5.79. The summed E-state index contributed by atoms with van der Waals surface area (Å²) in [7, 11) is 1.66. The van der Waals surface area contributed by atoms with E-state index in [0.717, 1.165) is 38.4 Å². The first-order valence-electron chi connectivity index (χ1n) is 7.96. The van der Waals surface area contributed by atoms with Crippen molar-refractivity contribution in [2.45, 2.75) is 15.8 Å². The smallest absolute Gasteiger partial charge is 0.166 e. The Morgan fingerprint density at radius 3 is 2.77 bits per heavy atom. The van der Waals surface area contributed by atoms with Gasteiger partial charge in [-0.1, -0.05) is 29.4 Å². The molecule has 0 spiro atoms. The lowest BCUT2D eigenvalue weighted by Crippen LogP contribution is -1.89. The molecule has 2 aromatic carbocycles. The summed E-state index contributed by atoms with van der Waals surface area (Å²) >= 11 is 9.71. The van der Waals surface area contributed by atoms with Gasteiger partial charge in [0, 0.05) is 27.7 Å². The van der Waals surface area contributed by atoms with Crippen molar-refractivity contribution >= 4 is 57.1 Å². The van der Waals surface area contributed by atoms with E-state index in [1.807, 2.05) is 18.2 Å². The average molecular weight is 402 g/mol. The van der Waals surface area contributed by atoms with Gasteiger partial charge in [0.1, 0.15) is 10.9 Å². The maximum atomic E-state index is 6.40. The van der Waals surface area contributed by atoms with Gasteiger partial charge in [-0.25, -0.2) is 9.97 Å². The fourth-order valence-electron chi connectivity index (χ4n) is 2.70. The second kappa shape index (κ2) is 7.39. The lowest BCUT2D eigenvalue weighted by Gasteiger charge is -2.06. The summed E-state index contributed by atoms with van der Waals surface area (Å²) in [5.41, 5.74) is 3.80. The van der Waals surface area contributed by atoms with Gasteiger partial charge in [-0.15, -0.1) is 11.8 Å². The zero-order valence-corrected chi connectivity index (χ0v) is 16.6. The van der Waals surface area contributed by atoms with E-state index in [4.69, 9.17) is 16.3 Å². The van der Waals surface area contributed by atoms with Crippen LogP contribution in [-0.4, -0.2) is 28.3 Å². The molecule has 2 heterocycles. The molecular weight excluding hydrogens is 386 g/mol. The highest BCUT2D eigenvalue weighted by Crippen LogP contribution is 2.30. The minimum atomic E-state index is 0.543. The van der Waals surface area contributed by atoms with Gasteiger partial charge in [-0.05, 0) is 36.6 Å². The number of imidazole rings is 1. The molecule has 0 bridgehead atoms. The van der Waals surface area contributed by atoms with Gasteiger partial charge in [0.15, 0.2) is 5.16 Å². The van der Waals surface area contributed by atoms with Crippen LogP contribution in [0.15, 0.2) is 52.5 Å². The SMILES string of the molecule is COc1ccc2nc(SCc3cc4ccc(SC)cc4nc3Cl)[nH]c2c1. The molecule has 0 atom stereocenters. The van der Waals surface area contributed by atoms with Crippen LogP contribution in [0.4, 0.5) is 0 Å². The van der Waals surface area contributed by atoms with E-state index < -0.39 is 0 Å². The van der Waals surface area contributed by atoms with Crippen molar-refractivity contribution in [2.24, 2.45) is 0 Å². The predicted molar refractivity (Wildman–Crippen MR) is 111 cm³/mol. The van der Waals surface area contributed by atoms with Crippen molar-refractivity contribution in [3.05, 3.63) is 53.2 Å². The molecule has 0 aliphatic heterocycles. The Balaban J connectivity index is 1.58. The number of rotatable bonds is 5. The normalized spacial score (nSPS) is 11.3. The molecule has 0 saturated heterocycles. The number of methoxy groups -OCH3 is 1. The number of hydrogen-bond acceptors (Lipinski definition) is 5. The molecule has 132 valence electrons. The highest BCUT2D eigenvalue weighted by molar-refractivity contribution is 7.98. The fraction of sp³-hybridized carbons (Fsp3) is 0.158. The van der Waals surface area contributed by atoms with E-state index >= 15 is 0 Å². The molecular formula is C19H16ClN3OS2. The van der Waals surface area contributed by atoms with Crippen molar-refractivity contribution < 1.29 is 4.74 Å². The van der Waals surface area contributed by atoms with E-state index in [0.29, 0.717) is 10.9 Å². The molecule has 0 radical (unpaired) electrons. The van der Waals surface area contributed by atoms with Crippen molar-refractivity contribution in [1.29, 1.82) is 0 Å². The molecule has 0 fully saturated rings. The second-order valence-electron chi connectivity index (χ2n) is 5.71. The standard InChI is InChI=1S/C19H16ClN3OS2/c1-24-13-4-6-15-17(8-13)23-19(22-15)26-10-12-7-11-3-5-14(25-2)9-16(11)21-18(12)20/h3-9H,10H2,1-2H3,(H,22,23). The Morgan fingerprint density at radius 1 is 1.08 bits per heavy atom. The van der Waals surface area contributed by atoms with Crippen molar-refractivity contribution in [2.75, 3.05) is 13.4 Å². The van der Waals surface area contributed by atoms with Crippen molar-refractivity contribution in [3.8, 4) is 5.75 Å². The number of pyridine rings is 1. The van der Waals surface area contributed by atoms with Crippen LogP contribution >= 0.6 is 35.1 Å². The number of benzene rings is 2. The summed E-state index contributed by atoms with van der Waals surface area (Å²) < 4.78 is 5.25. The number of nitrogens with one attached hydrogen (secondary N) is 1. The first kappa shape index (κ1) is 17.5. The van der Waals surface area contributed by atoms with E-state index in [1.165, 1.54) is 4.90 Å². The Hall–Kier alpha value is -1.89. The van der Waals surface area contributed by atoms with Crippen LogP contribution in [0.5, 0.6) is 5.75 Å². The zero-order valence-electron chi connectivity index (χ0n) is 14.2. The highest BCUT2D eigenvalue weighted by atomic mass is 35.5. The third kappa shape index (κ3) is 3.49. The number of hydrogen-bond donors (Lipinski definition) is 1. The molecule has 0 aliphatic carbocycles. The molecule has 4 rings (SSSR count). The van der Waals surface area contributed by atoms with Crippen LogP contribution in [0.1, 0.15) is 5.56 Å². The van der Waals surface area contributed by atoms with E-state index in [9.17, 15) is 0 Å². The lowest BCUT2D eigenvalue weighted by molar-refractivity contribution is 0.415. The summed E-state index contributed by atoms with van der Waals surface area (Å²) in [4.78, 5) is 13.7. The summed E-state index contributed by atoms with van der Waals surface area (Å²) in [6.07, 6.45) is 2.05. The van der Waals surface area contributed by atoms with Gasteiger partial charge >= 0.3 is 0 Å². The van der Waals surface area contributed by atoms with Crippen LogP contribution < -0.4 is 4.74 Å². The van der Waals surface area contributed by atoms with E-state index in [2.05, 4.69) is 45.5 Å². The molecule has 4 aromatic rings. The number of ether oxygens (including phenoxy) is 1. The summed E-state index contributed by atoms with van der Waals surface area (Å²) in [6.45, 7) is 0. The summed E-state index contributed by atoms with van der Waals surface area (Å²) in [5.74, 6) is 1.51. The molecule has 0 aliphatic rings. The third-order valence-electron chi connectivity index (χ3n) is 4.08. The summed E-state index contributed by atoms with van der Waals surface area (Å²) in [6, 6.07) is 14.2. The maximum absolute atomic E-state index is 6.40. The van der Waals surface area contributed by atoms with Gasteiger partial charge in [0.2, 0.25) is 0 Å². The minimum Gasteiger partial charge on any atom is -0.497 e. The first-order chi connectivity index (χ1) is 12.7. The van der Waals surface area contributed by atoms with Crippen LogP contribution in [-0.2, 0) is 5.75 Å². The molecule has 0 unspecified atom stereocenters. The monoisotopic (exact) mass is 401 g/mol. The second-order valence-corrected chi connectivity index (χ2v) is 7.91. The van der Waals surface area contributed by atoms with Crippen LogP contribution in [0.2, 0.25) is 5.15 Å². The quantitative estimate of drug-likeness (QED) is 0.339. The topological polar surface area (TPSA) is 50.8 Å². The van der Waals surface area contributed by atoms with E-state index in [1.54, 1.807) is 30.6 Å². The Morgan fingerprint density at radius 2 is 1.96 bits per heavy atom. The Labute approximate surface area is 164 Å². The molecule has 4 nitrogen and oxygen atoms in total. The van der Waals surface area contributed by atoms with Crippen molar-refractivity contribution in [3.63, 3.8) is 0 Å². The molecule has 26 heavy (non-hydrogen) atoms. The fourth-order valence-corrected chi connectivity index (χ4v) is 4.28. The Bertz CT molecular complexity index is 1100. The number of nitrogens with zero attached hydrogens (tertiary/aromatic N) is 2. The largest absolute Gasteiger partial charge is 0.497 e. The van der Waals surface area contributed by atoms with E-state index in [-0.39, 0.29) is 0 Å². The number of aromatic nitrogens is 3. The van der Waals surface area contributed by atoms with Gasteiger partial charge < -0.3 is 9.72 Å². The molecule has 2 aromatic heterocycles. The number of halogens is 1. The van der Waals surface area contributed by atoms with Crippen LogP contribution in [0.25, 0.3) is 21.9 Å². The lowest BCUT2D eigenvalue weighted by atomic mass is 10.2. The molecule has 0 amide bonds. The van der Waals surface area contributed by atoms with Crippen LogP contribution in [0.3, 0.4) is 0 Å². The molecule has 1 N–H and O–H groups in total. The number of H-pyrrole nitrogens is 1. The minimum absolute atomic E-state index is 0.543. The number of aromatic amines is 1. The average Bonchev–Trinajstić information content (AvgIpc) is 3.07. The zero-order chi connectivity index (χ0) is 18.1. The molecule has 7 heteroatoms. The first-order valence-corrected chi connectivity index (χ1v) is 10.5. The van der Waals surface area contributed by atoms with Gasteiger partial charge in [-0.2, -0.15) is 0 Å². The van der Waals surface area contributed by atoms with Gasteiger partial charge in [-0.3, -0.25) is 0 Å². The van der Waals surface area contributed by atoms with Gasteiger partial charge in [0.25, 0.3) is 0 Å². The van der Waals surface area contributed by atoms with Gasteiger partial charge in [0.05, 0.1) is 23.7 Å². The molecule has 0 saturated carbocycles. The number of fused-ring (bicyclic) bond motifs is 2. The van der Waals surface area contributed by atoms with Crippen LogP contribution in [0, 0.1) is 0 Å². The summed E-state index contributed by atoms with van der Waals surface area (Å²) in [5, 5.41) is 2.49. The van der Waals surface area contributed by atoms with Crippen molar-refractivity contribution in [1.82, 2.24) is 15.0 Å². The maximum Gasteiger partial charge on any atom is 0.166 e. The Kier molecular flexibility index (Phi) is 4.98.